The number of carbonyl (C=O) groups excluding carboxylic acids is 3. The lowest BCUT2D eigenvalue weighted by atomic mass is 9.89. The first-order chi connectivity index (χ1) is 22.5. The number of hydrogen-bond acceptors (Lipinski definition) is 5. The van der Waals surface area contributed by atoms with Crippen molar-refractivity contribution in [3.05, 3.63) is 95.3 Å². The van der Waals surface area contributed by atoms with Gasteiger partial charge in [0.25, 0.3) is 0 Å². The first-order valence-electron chi connectivity index (χ1n) is 16.4. The summed E-state index contributed by atoms with van der Waals surface area (Å²) in [6.45, 7) is 10.5. The molecule has 0 saturated heterocycles. The second-order valence-corrected chi connectivity index (χ2v) is 13.8. The molecule has 47 heavy (non-hydrogen) atoms. The molecule has 0 unspecified atom stereocenters. The minimum atomic E-state index is -0.667. The second kappa shape index (κ2) is 11.6. The second-order valence-electron chi connectivity index (χ2n) is 13.8. The summed E-state index contributed by atoms with van der Waals surface area (Å²) in [5.41, 5.74) is 6.64. The van der Waals surface area contributed by atoms with Crippen molar-refractivity contribution in [2.75, 3.05) is 5.32 Å². The van der Waals surface area contributed by atoms with Gasteiger partial charge in [0.2, 0.25) is 0 Å². The van der Waals surface area contributed by atoms with Gasteiger partial charge in [-0.25, -0.2) is 14.4 Å². The molecular weight excluding hydrogens is 590 g/mol. The molecule has 3 aromatic carbocycles. The van der Waals surface area contributed by atoms with Crippen molar-refractivity contribution >= 4 is 56.7 Å². The molecule has 7 rings (SSSR count). The molecule has 0 aliphatic carbocycles. The predicted molar refractivity (Wildman–Crippen MR) is 184 cm³/mol. The molecule has 0 radical (unpaired) electrons. The van der Waals surface area contributed by atoms with Crippen LogP contribution in [0.3, 0.4) is 0 Å². The number of amides is 1. The van der Waals surface area contributed by atoms with Crippen LogP contribution in [0.4, 0.5) is 10.5 Å². The molecule has 2 aromatic heterocycles. The van der Waals surface area contributed by atoms with Gasteiger partial charge in [-0.15, -0.1) is 0 Å². The maximum atomic E-state index is 14.0. The molecule has 2 aliphatic rings. The van der Waals surface area contributed by atoms with Crippen molar-refractivity contribution in [2.45, 2.75) is 72.4 Å². The highest BCUT2D eigenvalue weighted by Gasteiger charge is 2.40. The van der Waals surface area contributed by atoms with E-state index < -0.39 is 23.6 Å². The highest BCUT2D eigenvalue weighted by atomic mass is 16.6. The van der Waals surface area contributed by atoms with E-state index in [9.17, 15) is 14.4 Å². The van der Waals surface area contributed by atoms with E-state index in [4.69, 9.17) is 9.47 Å². The summed E-state index contributed by atoms with van der Waals surface area (Å²) in [5.74, 6) is -1.07. The largest absolute Gasteiger partial charge is 0.444 e. The summed E-state index contributed by atoms with van der Waals surface area (Å²) in [5, 5.41) is 4.72. The summed E-state index contributed by atoms with van der Waals surface area (Å²) in [7, 11) is 0. The van der Waals surface area contributed by atoms with E-state index in [0.717, 1.165) is 70.1 Å². The van der Waals surface area contributed by atoms with Crippen LogP contribution < -0.4 is 5.32 Å². The van der Waals surface area contributed by atoms with Crippen molar-refractivity contribution < 1.29 is 23.9 Å². The Bertz CT molecular complexity index is 2110. The molecular formula is C39H39N3O5. The van der Waals surface area contributed by atoms with Crippen LogP contribution in [0.5, 0.6) is 0 Å². The number of esters is 2. The number of aromatic nitrogens is 2. The smallest absolute Gasteiger partial charge is 0.412 e. The molecule has 0 bridgehead atoms. The van der Waals surface area contributed by atoms with Crippen molar-refractivity contribution in [3.63, 3.8) is 0 Å². The van der Waals surface area contributed by atoms with Crippen molar-refractivity contribution in [1.29, 1.82) is 0 Å². The Kier molecular flexibility index (Phi) is 7.54. The number of hydrogen-bond donors (Lipinski definition) is 1. The fourth-order valence-corrected chi connectivity index (χ4v) is 7.11. The number of fused-ring (bicyclic) bond motifs is 4. The topological polar surface area (TPSA) is 91.6 Å². The minimum absolute atomic E-state index is 0.235. The number of benzene rings is 3. The zero-order valence-electron chi connectivity index (χ0n) is 27.5. The first kappa shape index (κ1) is 30.5. The Labute approximate surface area is 274 Å². The Hall–Kier alpha value is -5.11. The molecule has 0 fully saturated rings. The Balaban J connectivity index is 1.53. The zero-order chi connectivity index (χ0) is 33.0. The van der Waals surface area contributed by atoms with E-state index in [1.54, 1.807) is 0 Å². The lowest BCUT2D eigenvalue weighted by molar-refractivity contribution is -0.149. The Morgan fingerprint density at radius 3 is 2.38 bits per heavy atom. The molecule has 0 atom stereocenters. The monoisotopic (exact) mass is 629 g/mol. The highest BCUT2D eigenvalue weighted by molar-refractivity contribution is 6.47. The number of cyclic esters (lactones) is 2. The summed E-state index contributed by atoms with van der Waals surface area (Å²) >= 11 is 0. The molecule has 5 aromatic rings. The number of carbonyl (C=O) groups is 3. The fourth-order valence-electron chi connectivity index (χ4n) is 7.11. The predicted octanol–water partition coefficient (Wildman–Crippen LogP) is 8.46. The number of aryl methyl sites for hydroxylation is 1. The van der Waals surface area contributed by atoms with Gasteiger partial charge in [0.05, 0.1) is 16.7 Å². The third-order valence-electron chi connectivity index (χ3n) is 8.85. The lowest BCUT2D eigenvalue weighted by Gasteiger charge is -2.21. The number of nitrogens with zero attached hydrogens (tertiary/aromatic N) is 2. The lowest BCUT2D eigenvalue weighted by Crippen LogP contribution is -2.27. The summed E-state index contributed by atoms with van der Waals surface area (Å²) in [6.07, 6.45) is 4.75. The van der Waals surface area contributed by atoms with Gasteiger partial charge in [0.15, 0.2) is 0 Å². The average molecular weight is 630 g/mol. The van der Waals surface area contributed by atoms with Crippen molar-refractivity contribution in [3.8, 4) is 5.69 Å². The van der Waals surface area contributed by atoms with Gasteiger partial charge < -0.3 is 18.6 Å². The quantitative estimate of drug-likeness (QED) is 0.150. The van der Waals surface area contributed by atoms with Gasteiger partial charge in [-0.05, 0) is 88.3 Å². The number of para-hydroxylation sites is 2. The molecule has 0 saturated carbocycles. The van der Waals surface area contributed by atoms with Crippen LogP contribution >= 0.6 is 0 Å². The molecule has 0 spiro atoms. The van der Waals surface area contributed by atoms with E-state index in [1.807, 2.05) is 98.3 Å². The maximum Gasteiger partial charge on any atom is 0.412 e. The zero-order valence-corrected chi connectivity index (χ0v) is 27.5. The van der Waals surface area contributed by atoms with Crippen LogP contribution in [0.15, 0.2) is 72.9 Å². The summed E-state index contributed by atoms with van der Waals surface area (Å²) < 4.78 is 15.4. The molecule has 2 aliphatic heterocycles. The SMILES string of the molecule is CC(C)Cc1c(NC(=O)OC(C)(C)C)ccc2c1c(C1=C(c3cn(-c4ccccc4)c4ccccc34)C(=O)OC1=O)c1n2CCCC1. The number of ether oxygens (including phenoxy) is 2. The van der Waals surface area contributed by atoms with Crippen molar-refractivity contribution in [2.24, 2.45) is 5.92 Å². The van der Waals surface area contributed by atoms with Gasteiger partial charge in [0, 0.05) is 57.2 Å². The number of anilines is 1. The van der Waals surface area contributed by atoms with Gasteiger partial charge >= 0.3 is 18.0 Å². The Morgan fingerprint density at radius 1 is 0.915 bits per heavy atom. The third kappa shape index (κ3) is 5.41. The third-order valence-corrected chi connectivity index (χ3v) is 8.85. The van der Waals surface area contributed by atoms with Crippen LogP contribution in [0, 0.1) is 5.92 Å². The number of rotatable bonds is 6. The average Bonchev–Trinajstić information content (AvgIpc) is 3.66. The normalized spacial score (nSPS) is 15.1. The van der Waals surface area contributed by atoms with Crippen LogP contribution in [0.25, 0.3) is 38.6 Å². The van der Waals surface area contributed by atoms with Crippen LogP contribution in [0.1, 0.15) is 69.8 Å². The summed E-state index contributed by atoms with van der Waals surface area (Å²) in [6, 6.07) is 21.8. The molecule has 1 amide bonds. The molecule has 1 N–H and O–H groups in total. The van der Waals surface area contributed by atoms with E-state index in [0.29, 0.717) is 17.7 Å². The molecule has 240 valence electrons. The van der Waals surface area contributed by atoms with Gasteiger partial charge in [-0.2, -0.15) is 0 Å². The van der Waals surface area contributed by atoms with E-state index in [1.165, 1.54) is 0 Å². The minimum Gasteiger partial charge on any atom is -0.444 e. The maximum absolute atomic E-state index is 14.0. The Morgan fingerprint density at radius 2 is 1.64 bits per heavy atom. The molecule has 8 heteroatoms. The van der Waals surface area contributed by atoms with Crippen LogP contribution in [0.2, 0.25) is 0 Å². The van der Waals surface area contributed by atoms with E-state index in [2.05, 4.69) is 23.7 Å². The molecule has 4 heterocycles. The van der Waals surface area contributed by atoms with Gasteiger partial charge in [-0.3, -0.25) is 5.32 Å². The standard InChI is InChI=1S/C39H39N3O5/c1-23(2)21-26-28(40-38(45)47-39(3,4)5)18-19-31-32(26)34(30-17-11-12-20-41(30)31)35-33(36(43)46-37(35)44)27-22-42(24-13-7-6-8-14-24)29-16-10-9-15-25(27)29/h6-10,13-16,18-19,22-23H,11-12,17,20-21H2,1-5H3,(H,40,45). The van der Waals surface area contributed by atoms with E-state index >= 15 is 0 Å². The fraction of sp³-hybridized carbons (Fsp3) is 0.308. The summed E-state index contributed by atoms with van der Waals surface area (Å²) in [4.78, 5) is 40.8. The van der Waals surface area contributed by atoms with Gasteiger partial charge in [0.1, 0.15) is 5.60 Å². The molecule has 8 nitrogen and oxygen atoms in total. The van der Waals surface area contributed by atoms with E-state index in [-0.39, 0.29) is 17.1 Å². The number of nitrogens with one attached hydrogen (secondary N) is 1. The van der Waals surface area contributed by atoms with Crippen LogP contribution in [-0.4, -0.2) is 32.8 Å². The van der Waals surface area contributed by atoms with Gasteiger partial charge in [-0.1, -0.05) is 50.2 Å². The first-order valence-corrected chi connectivity index (χ1v) is 16.4. The van der Waals surface area contributed by atoms with Crippen molar-refractivity contribution in [1.82, 2.24) is 9.13 Å². The highest BCUT2D eigenvalue weighted by Crippen LogP contribution is 2.46. The van der Waals surface area contributed by atoms with Crippen LogP contribution in [-0.2, 0) is 38.4 Å².